The van der Waals surface area contributed by atoms with Crippen LogP contribution in [0.3, 0.4) is 0 Å². The van der Waals surface area contributed by atoms with E-state index in [2.05, 4.69) is 21.6 Å². The van der Waals surface area contributed by atoms with E-state index in [9.17, 15) is 27.6 Å². The molecule has 9 nitrogen and oxygen atoms in total. The number of rotatable bonds is 9. The fraction of sp³-hybridized carbons (Fsp3) is 0.310. The molecule has 4 rings (SSSR count). The molecular weight excluding hydrogens is 541 g/mol. The number of aryl methyl sites for hydroxylation is 1. The number of nitrogens with zero attached hydrogens (tertiary/aromatic N) is 3. The highest BCUT2D eigenvalue weighted by Crippen LogP contribution is 2.33. The van der Waals surface area contributed by atoms with Gasteiger partial charge in [-0.1, -0.05) is 26.5 Å². The molecule has 12 heteroatoms. The average Bonchev–Trinajstić information content (AvgIpc) is 2.93. The lowest BCUT2D eigenvalue weighted by Gasteiger charge is -2.34. The van der Waals surface area contributed by atoms with Gasteiger partial charge in [0.1, 0.15) is 23.3 Å². The third-order valence-corrected chi connectivity index (χ3v) is 5.90. The molecule has 1 N–H and O–H groups in total. The van der Waals surface area contributed by atoms with Gasteiger partial charge in [-0.3, -0.25) is 14.4 Å². The zero-order valence-corrected chi connectivity index (χ0v) is 23.1. The van der Waals surface area contributed by atoms with Crippen molar-refractivity contribution >= 4 is 23.7 Å². The van der Waals surface area contributed by atoms with Gasteiger partial charge in [0, 0.05) is 20.7 Å². The molecule has 3 aromatic rings. The highest BCUT2D eigenvalue weighted by molar-refractivity contribution is 6.05. The molecule has 1 aliphatic heterocycles. The van der Waals surface area contributed by atoms with E-state index in [1.165, 1.54) is 59.1 Å². The summed E-state index contributed by atoms with van der Waals surface area (Å²) in [5, 5.41) is 2.58. The summed E-state index contributed by atoms with van der Waals surface area (Å²) in [6.45, 7) is 6.24. The number of halogens is 3. The molecule has 0 bridgehead atoms. The molecule has 0 spiro atoms. The monoisotopic (exact) mass is 574 g/mol. The van der Waals surface area contributed by atoms with Gasteiger partial charge in [0.05, 0.1) is 25.3 Å². The highest BCUT2D eigenvalue weighted by Gasteiger charge is 2.32. The summed E-state index contributed by atoms with van der Waals surface area (Å²) in [5.74, 6) is -1.47. The van der Waals surface area contributed by atoms with Crippen molar-refractivity contribution in [2.45, 2.75) is 33.6 Å². The summed E-state index contributed by atoms with van der Waals surface area (Å²) in [5.41, 5.74) is 0.479. The van der Waals surface area contributed by atoms with Crippen LogP contribution in [0.2, 0.25) is 0 Å². The predicted octanol–water partition coefficient (Wildman–Crippen LogP) is 5.41. The summed E-state index contributed by atoms with van der Waals surface area (Å²) < 4.78 is 50.4. The van der Waals surface area contributed by atoms with Crippen LogP contribution in [0.15, 0.2) is 54.0 Å². The molecule has 0 atom stereocenters. The minimum absolute atomic E-state index is 0. The summed E-state index contributed by atoms with van der Waals surface area (Å²) in [7, 11) is 1.50. The fourth-order valence-corrected chi connectivity index (χ4v) is 4.03. The van der Waals surface area contributed by atoms with Gasteiger partial charge in [-0.05, 0) is 53.9 Å². The van der Waals surface area contributed by atoms with Crippen molar-refractivity contribution in [2.24, 2.45) is 7.05 Å². The molecule has 1 aliphatic rings. The first-order valence-electron chi connectivity index (χ1n) is 12.9. The smallest absolute Gasteiger partial charge is 0.387 e. The standard InChI is InChI=1S/C27H25F3N4O5.C2H6.H2/c1-4-15-8-21(25(36)33(3)12-15)24(35)32-22-9-16(10-23(31-22)38-5-2)19-7-6-18(39-27(29)30)11-20(19)26(37)34-13-17(28)14-34;1-2;/h4,6-12,17,27H,1,5,13-14H2,2-3H3,(H,31,32,35);1-2H3;1H. The maximum Gasteiger partial charge on any atom is 0.387 e. The molecule has 1 fully saturated rings. The molecule has 0 radical (unpaired) electrons. The van der Waals surface area contributed by atoms with E-state index in [4.69, 9.17) is 4.74 Å². The predicted molar refractivity (Wildman–Crippen MR) is 151 cm³/mol. The average molecular weight is 575 g/mol. The number of carbonyl (C=O) groups is 2. The molecular formula is C29H33F3N4O5. The number of ether oxygens (including phenoxy) is 2. The first kappa shape index (κ1) is 30.9. The zero-order valence-electron chi connectivity index (χ0n) is 23.1. The SMILES string of the molecule is C=Cc1cc(C(=O)Nc2cc(-c3ccc(OC(F)F)cc3C(=O)N3CC(F)C3)cc(OCC)n2)c(=O)n(C)c1.CC.[HH]. The topological polar surface area (TPSA) is 103 Å². The Bertz CT molecular complexity index is 1490. The van der Waals surface area contributed by atoms with Gasteiger partial charge in [-0.25, -0.2) is 4.39 Å². The summed E-state index contributed by atoms with van der Waals surface area (Å²) in [6, 6.07) is 8.15. The minimum Gasteiger partial charge on any atom is -0.478 e. The Balaban J connectivity index is 0.00000201. The molecule has 1 aromatic carbocycles. The number of pyridine rings is 2. The number of likely N-dealkylation sites (tertiary alicyclic amines) is 1. The number of hydrogen-bond acceptors (Lipinski definition) is 6. The van der Waals surface area contributed by atoms with E-state index in [0.717, 1.165) is 6.07 Å². The Hall–Kier alpha value is -4.61. The summed E-state index contributed by atoms with van der Waals surface area (Å²) >= 11 is 0. The van der Waals surface area contributed by atoms with Crippen molar-refractivity contribution in [3.05, 3.63) is 76.2 Å². The van der Waals surface area contributed by atoms with Gasteiger partial charge in [-0.2, -0.15) is 13.8 Å². The number of aromatic nitrogens is 2. The van der Waals surface area contributed by atoms with Crippen LogP contribution < -0.4 is 20.3 Å². The molecule has 0 saturated carbocycles. The van der Waals surface area contributed by atoms with Crippen molar-refractivity contribution in [1.82, 2.24) is 14.5 Å². The van der Waals surface area contributed by atoms with Crippen molar-refractivity contribution in [3.63, 3.8) is 0 Å². The highest BCUT2D eigenvalue weighted by atomic mass is 19.3. The second-order valence-electron chi connectivity index (χ2n) is 8.67. The third-order valence-electron chi connectivity index (χ3n) is 5.90. The molecule has 220 valence electrons. The van der Waals surface area contributed by atoms with E-state index < -0.39 is 30.2 Å². The van der Waals surface area contributed by atoms with Crippen LogP contribution in [0, 0.1) is 0 Å². The maximum atomic E-state index is 13.5. The Morgan fingerprint density at radius 1 is 1.20 bits per heavy atom. The summed E-state index contributed by atoms with van der Waals surface area (Å²) in [4.78, 5) is 44.3. The Labute approximate surface area is 236 Å². The quantitative estimate of drug-likeness (QED) is 0.367. The van der Waals surface area contributed by atoms with E-state index >= 15 is 0 Å². The summed E-state index contributed by atoms with van der Waals surface area (Å²) in [6.07, 6.45) is 1.85. The van der Waals surface area contributed by atoms with Gasteiger partial charge in [0.25, 0.3) is 17.4 Å². The van der Waals surface area contributed by atoms with Gasteiger partial charge in [-0.15, -0.1) is 0 Å². The van der Waals surface area contributed by atoms with E-state index in [1.807, 2.05) is 13.8 Å². The van der Waals surface area contributed by atoms with Crippen LogP contribution in [0.4, 0.5) is 19.0 Å². The number of nitrogens with one attached hydrogen (secondary N) is 1. The minimum atomic E-state index is -3.11. The lowest BCUT2D eigenvalue weighted by atomic mass is 9.97. The maximum absolute atomic E-state index is 13.5. The van der Waals surface area contributed by atoms with Crippen molar-refractivity contribution in [2.75, 3.05) is 25.0 Å². The van der Waals surface area contributed by atoms with Crippen molar-refractivity contribution in [3.8, 4) is 22.8 Å². The Morgan fingerprint density at radius 2 is 1.90 bits per heavy atom. The molecule has 41 heavy (non-hydrogen) atoms. The van der Waals surface area contributed by atoms with Crippen molar-refractivity contribution in [1.29, 1.82) is 0 Å². The van der Waals surface area contributed by atoms with Crippen LogP contribution in [0.1, 0.15) is 48.5 Å². The number of amides is 2. The largest absolute Gasteiger partial charge is 0.478 e. The number of alkyl halides is 3. The number of anilines is 1. The molecule has 2 aromatic heterocycles. The van der Waals surface area contributed by atoms with Gasteiger partial charge >= 0.3 is 6.61 Å². The van der Waals surface area contributed by atoms with Crippen LogP contribution >= 0.6 is 0 Å². The fourth-order valence-electron chi connectivity index (χ4n) is 4.03. The van der Waals surface area contributed by atoms with Crippen LogP contribution in [0.5, 0.6) is 11.6 Å². The lowest BCUT2D eigenvalue weighted by molar-refractivity contribution is -0.0499. The van der Waals surface area contributed by atoms with Crippen LogP contribution in [0.25, 0.3) is 17.2 Å². The van der Waals surface area contributed by atoms with Gasteiger partial charge < -0.3 is 24.3 Å². The molecule has 0 aliphatic carbocycles. The van der Waals surface area contributed by atoms with Crippen LogP contribution in [-0.4, -0.2) is 58.7 Å². The first-order chi connectivity index (χ1) is 19.6. The first-order valence-corrected chi connectivity index (χ1v) is 12.9. The molecule has 3 heterocycles. The van der Waals surface area contributed by atoms with E-state index in [0.29, 0.717) is 11.1 Å². The van der Waals surface area contributed by atoms with Crippen LogP contribution in [-0.2, 0) is 7.05 Å². The van der Waals surface area contributed by atoms with E-state index in [-0.39, 0.29) is 55.3 Å². The van der Waals surface area contributed by atoms with Gasteiger partial charge in [0.2, 0.25) is 5.88 Å². The Kier molecular flexibility index (Phi) is 10.3. The second-order valence-corrected chi connectivity index (χ2v) is 8.67. The molecule has 0 unspecified atom stereocenters. The normalized spacial score (nSPS) is 12.6. The number of benzene rings is 1. The number of hydrogen-bond donors (Lipinski definition) is 1. The van der Waals surface area contributed by atoms with Crippen molar-refractivity contribution < 1.29 is 33.7 Å². The lowest BCUT2D eigenvalue weighted by Crippen LogP contribution is -2.51. The second kappa shape index (κ2) is 13.6. The molecule has 1 saturated heterocycles. The molecule has 2 amide bonds. The van der Waals surface area contributed by atoms with Gasteiger partial charge in [0.15, 0.2) is 0 Å². The van der Waals surface area contributed by atoms with E-state index in [1.54, 1.807) is 6.92 Å². The zero-order chi connectivity index (χ0) is 30.3. The third kappa shape index (κ3) is 7.33. The Morgan fingerprint density at radius 3 is 2.51 bits per heavy atom. The number of carbonyl (C=O) groups excluding carboxylic acids is 2.